The molecule has 1 saturated heterocycles. The minimum atomic E-state index is 0. The molecule has 0 atom stereocenters. The lowest BCUT2D eigenvalue weighted by Crippen LogP contribution is -2.47. The molecule has 1 aliphatic carbocycles. The summed E-state index contributed by atoms with van der Waals surface area (Å²) in [5, 5.41) is 3.56. The van der Waals surface area contributed by atoms with Gasteiger partial charge < -0.3 is 10.2 Å². The van der Waals surface area contributed by atoms with Gasteiger partial charge in [0.25, 0.3) is 0 Å². The number of likely N-dealkylation sites (tertiary alicyclic amines) is 1. The van der Waals surface area contributed by atoms with Crippen molar-refractivity contribution in [2.45, 2.75) is 71.8 Å². The van der Waals surface area contributed by atoms with Gasteiger partial charge in [0.1, 0.15) is 0 Å². The van der Waals surface area contributed by atoms with Gasteiger partial charge in [-0.2, -0.15) is 0 Å². The van der Waals surface area contributed by atoms with Crippen LogP contribution in [0.5, 0.6) is 0 Å². The van der Waals surface area contributed by atoms with Crippen LogP contribution < -0.4 is 5.32 Å². The summed E-state index contributed by atoms with van der Waals surface area (Å²) < 4.78 is 0. The first-order valence-electron chi connectivity index (χ1n) is 8.59. The molecule has 114 valence electrons. The van der Waals surface area contributed by atoms with Crippen molar-refractivity contribution in [3.8, 4) is 0 Å². The van der Waals surface area contributed by atoms with Crippen LogP contribution in [-0.4, -0.2) is 37.1 Å². The molecule has 2 fully saturated rings. The summed E-state index contributed by atoms with van der Waals surface area (Å²) in [6.07, 6.45) is 10.1. The van der Waals surface area contributed by atoms with Crippen LogP contribution in [0.3, 0.4) is 0 Å². The molecule has 19 heavy (non-hydrogen) atoms. The highest BCUT2D eigenvalue weighted by Gasteiger charge is 2.44. The van der Waals surface area contributed by atoms with Crippen LogP contribution >= 0.6 is 0 Å². The molecule has 1 N–H and O–H groups in total. The largest absolute Gasteiger partial charge is 0.315 e. The second kappa shape index (κ2) is 7.08. The van der Waals surface area contributed by atoms with Gasteiger partial charge >= 0.3 is 0 Å². The van der Waals surface area contributed by atoms with Crippen molar-refractivity contribution in [1.29, 1.82) is 0 Å². The van der Waals surface area contributed by atoms with E-state index in [9.17, 15) is 0 Å². The maximum Gasteiger partial charge on any atom is 0.00103 e. The van der Waals surface area contributed by atoms with Crippen LogP contribution in [0, 0.1) is 11.3 Å². The molecule has 0 amide bonds. The number of nitrogens with one attached hydrogen (secondary N) is 1. The highest BCUT2D eigenvalue weighted by Crippen LogP contribution is 2.53. The Labute approximate surface area is 121 Å². The van der Waals surface area contributed by atoms with E-state index in [1.807, 2.05) is 0 Å². The van der Waals surface area contributed by atoms with Crippen LogP contribution in [0.2, 0.25) is 0 Å². The maximum atomic E-state index is 3.56. The molecule has 0 aromatic rings. The summed E-state index contributed by atoms with van der Waals surface area (Å²) in [7, 11) is 0. The lowest BCUT2D eigenvalue weighted by Gasteiger charge is -2.52. The second-order valence-electron chi connectivity index (χ2n) is 7.37. The number of hydrogen-bond donors (Lipinski definition) is 1. The average molecular weight is 268 g/mol. The molecule has 0 radical (unpaired) electrons. The predicted molar refractivity (Wildman–Crippen MR) is 85.6 cm³/mol. The van der Waals surface area contributed by atoms with Crippen molar-refractivity contribution in [1.82, 2.24) is 10.2 Å². The summed E-state index contributed by atoms with van der Waals surface area (Å²) in [5.74, 6) is 1.02. The molecular formula is C17H36N2. The summed E-state index contributed by atoms with van der Waals surface area (Å²) in [5.41, 5.74) is 0.769. The Balaban J connectivity index is 0.00000200. The van der Waals surface area contributed by atoms with Gasteiger partial charge in [0.05, 0.1) is 0 Å². The second-order valence-corrected chi connectivity index (χ2v) is 7.37. The maximum absolute atomic E-state index is 3.56. The summed E-state index contributed by atoms with van der Waals surface area (Å²) in [6.45, 7) is 12.1. The Bertz CT molecular complexity index is 252. The van der Waals surface area contributed by atoms with Gasteiger partial charge in [0.2, 0.25) is 0 Å². The molecule has 0 aromatic carbocycles. The smallest absolute Gasteiger partial charge is 0.00103 e. The normalized spacial score (nSPS) is 24.0. The Morgan fingerprint density at radius 1 is 1.26 bits per heavy atom. The van der Waals surface area contributed by atoms with E-state index in [0.717, 1.165) is 11.3 Å². The Morgan fingerprint density at radius 3 is 2.53 bits per heavy atom. The van der Waals surface area contributed by atoms with Crippen molar-refractivity contribution in [2.75, 3.05) is 26.2 Å². The zero-order valence-corrected chi connectivity index (χ0v) is 13.4. The van der Waals surface area contributed by atoms with E-state index in [1.54, 1.807) is 0 Å². The summed E-state index contributed by atoms with van der Waals surface area (Å²) in [4.78, 5) is 2.70. The molecule has 2 heteroatoms. The standard InChI is InChI=1S/C17H34N2.H2/c1-4-5-10-19-11-7-17(8-12-19)13-16(14-17)6-9-18-15(2)3;/h15-16,18H,4-14H2,1-3H3;1H. The Kier molecular flexibility index (Phi) is 5.70. The van der Waals surface area contributed by atoms with Crippen LogP contribution in [0.15, 0.2) is 0 Å². The third-order valence-electron chi connectivity index (χ3n) is 5.29. The molecule has 1 spiro atoms. The Morgan fingerprint density at radius 2 is 1.95 bits per heavy atom. The number of nitrogens with zero attached hydrogens (tertiary/aromatic N) is 1. The van der Waals surface area contributed by atoms with E-state index in [0.29, 0.717) is 6.04 Å². The van der Waals surface area contributed by atoms with Crippen LogP contribution in [0.1, 0.15) is 67.1 Å². The lowest BCUT2D eigenvalue weighted by molar-refractivity contribution is -0.0161. The third kappa shape index (κ3) is 4.46. The monoisotopic (exact) mass is 268 g/mol. The van der Waals surface area contributed by atoms with E-state index >= 15 is 0 Å². The van der Waals surface area contributed by atoms with Crippen molar-refractivity contribution >= 4 is 0 Å². The van der Waals surface area contributed by atoms with E-state index in [1.165, 1.54) is 71.1 Å². The molecule has 2 nitrogen and oxygen atoms in total. The van der Waals surface area contributed by atoms with Gasteiger partial charge in [-0.3, -0.25) is 0 Å². The highest BCUT2D eigenvalue weighted by molar-refractivity contribution is 4.97. The van der Waals surface area contributed by atoms with Gasteiger partial charge in [-0.05, 0) is 76.0 Å². The van der Waals surface area contributed by atoms with Crippen molar-refractivity contribution in [3.05, 3.63) is 0 Å². The van der Waals surface area contributed by atoms with E-state index in [-0.39, 0.29) is 1.43 Å². The van der Waals surface area contributed by atoms with E-state index in [4.69, 9.17) is 0 Å². The van der Waals surface area contributed by atoms with Crippen molar-refractivity contribution < 1.29 is 1.43 Å². The molecule has 2 rings (SSSR count). The van der Waals surface area contributed by atoms with E-state index < -0.39 is 0 Å². The topological polar surface area (TPSA) is 15.3 Å². The molecule has 0 bridgehead atoms. The molecular weight excluding hydrogens is 232 g/mol. The molecule has 1 heterocycles. The van der Waals surface area contributed by atoms with Crippen LogP contribution in [0.4, 0.5) is 0 Å². The molecule has 1 aliphatic heterocycles. The van der Waals surface area contributed by atoms with Crippen LogP contribution in [-0.2, 0) is 0 Å². The lowest BCUT2D eigenvalue weighted by atomic mass is 9.57. The van der Waals surface area contributed by atoms with Crippen molar-refractivity contribution in [3.63, 3.8) is 0 Å². The summed E-state index contributed by atoms with van der Waals surface area (Å²) in [6, 6.07) is 0.649. The molecule has 2 aliphatic rings. The summed E-state index contributed by atoms with van der Waals surface area (Å²) >= 11 is 0. The SMILES string of the molecule is CCCCN1CCC2(CC1)CC(CCNC(C)C)C2.[HH]. The van der Waals surface area contributed by atoms with Crippen molar-refractivity contribution in [2.24, 2.45) is 11.3 Å². The number of unbranched alkanes of at least 4 members (excludes halogenated alkanes) is 1. The minimum absolute atomic E-state index is 0. The zero-order chi connectivity index (χ0) is 13.7. The quantitative estimate of drug-likeness (QED) is 0.753. The van der Waals surface area contributed by atoms with Gasteiger partial charge in [0.15, 0.2) is 0 Å². The minimum Gasteiger partial charge on any atom is -0.315 e. The first-order valence-corrected chi connectivity index (χ1v) is 8.59. The fourth-order valence-electron chi connectivity index (χ4n) is 3.99. The van der Waals surface area contributed by atoms with Gasteiger partial charge in [-0.25, -0.2) is 0 Å². The number of rotatable bonds is 7. The average Bonchev–Trinajstić information content (AvgIpc) is 2.35. The Hall–Kier alpha value is -0.0800. The fraction of sp³-hybridized carbons (Fsp3) is 1.00. The van der Waals surface area contributed by atoms with Gasteiger partial charge in [0, 0.05) is 7.47 Å². The third-order valence-corrected chi connectivity index (χ3v) is 5.29. The van der Waals surface area contributed by atoms with E-state index in [2.05, 4.69) is 31.0 Å². The van der Waals surface area contributed by atoms with Gasteiger partial charge in [-0.1, -0.05) is 27.2 Å². The molecule has 0 aromatic heterocycles. The fourth-order valence-corrected chi connectivity index (χ4v) is 3.99. The first kappa shape index (κ1) is 15.3. The zero-order valence-electron chi connectivity index (χ0n) is 13.4. The number of piperidine rings is 1. The van der Waals surface area contributed by atoms with Crippen LogP contribution in [0.25, 0.3) is 0 Å². The first-order chi connectivity index (χ1) is 9.13. The van der Waals surface area contributed by atoms with Gasteiger partial charge in [-0.15, -0.1) is 0 Å². The molecule has 0 unspecified atom stereocenters. The number of hydrogen-bond acceptors (Lipinski definition) is 2. The predicted octanol–water partition coefficient (Wildman–Crippen LogP) is 3.91. The molecule has 1 saturated carbocycles. The highest BCUT2D eigenvalue weighted by atomic mass is 15.1.